The molecule has 3 rings (SSSR count). The summed E-state index contributed by atoms with van der Waals surface area (Å²) in [7, 11) is -2.06. The van der Waals surface area contributed by atoms with Crippen LogP contribution in [0.3, 0.4) is 0 Å². The molecule has 1 N–H and O–H groups in total. The van der Waals surface area contributed by atoms with Gasteiger partial charge >= 0.3 is 6.03 Å². The Bertz CT molecular complexity index is 939. The number of fused-ring (bicyclic) bond motifs is 1. The summed E-state index contributed by atoms with van der Waals surface area (Å²) in [5.41, 5.74) is 2.99. The van der Waals surface area contributed by atoms with Crippen molar-refractivity contribution in [2.24, 2.45) is 0 Å². The number of likely N-dealkylation sites (N-methyl/N-ethyl adjacent to an activating group) is 1. The number of urea groups is 1. The summed E-state index contributed by atoms with van der Waals surface area (Å²) < 4.78 is 26.0. The van der Waals surface area contributed by atoms with E-state index >= 15 is 0 Å². The Labute approximate surface area is 160 Å². The highest BCUT2D eigenvalue weighted by Gasteiger charge is 2.22. The molecule has 1 aliphatic heterocycles. The molecular formula is C20H23N3O3S. The number of nitrogens with one attached hydrogen (secondary N) is 1. The molecule has 0 saturated heterocycles. The van der Waals surface area contributed by atoms with Crippen molar-refractivity contribution in [3.63, 3.8) is 0 Å². The third-order valence-corrected chi connectivity index (χ3v) is 6.46. The van der Waals surface area contributed by atoms with Gasteiger partial charge in [-0.15, -0.1) is 6.58 Å². The van der Waals surface area contributed by atoms with Gasteiger partial charge in [0.2, 0.25) is 10.0 Å². The van der Waals surface area contributed by atoms with E-state index < -0.39 is 10.0 Å². The average Bonchev–Trinajstić information content (AvgIpc) is 2.68. The number of nitrogens with zero attached hydrogens (tertiary/aromatic N) is 2. The van der Waals surface area contributed by atoms with E-state index in [9.17, 15) is 13.2 Å². The zero-order chi connectivity index (χ0) is 19.4. The quantitative estimate of drug-likeness (QED) is 0.804. The second-order valence-corrected chi connectivity index (χ2v) is 8.51. The van der Waals surface area contributed by atoms with E-state index in [4.69, 9.17) is 0 Å². The number of sulfonamides is 1. The van der Waals surface area contributed by atoms with Crippen molar-refractivity contribution in [2.75, 3.05) is 25.5 Å². The van der Waals surface area contributed by atoms with Crippen molar-refractivity contribution in [3.05, 3.63) is 72.3 Å². The highest BCUT2D eigenvalue weighted by Crippen LogP contribution is 2.21. The Hall–Kier alpha value is -2.64. The molecule has 0 spiro atoms. The topological polar surface area (TPSA) is 69.7 Å². The molecule has 7 heteroatoms. The number of benzene rings is 2. The molecular weight excluding hydrogens is 362 g/mol. The van der Waals surface area contributed by atoms with Crippen LogP contribution in [0.15, 0.2) is 66.1 Å². The average molecular weight is 385 g/mol. The molecule has 0 aliphatic carbocycles. The van der Waals surface area contributed by atoms with Crippen molar-refractivity contribution < 1.29 is 13.2 Å². The van der Waals surface area contributed by atoms with E-state index in [1.54, 1.807) is 17.0 Å². The van der Waals surface area contributed by atoms with E-state index in [0.717, 1.165) is 12.0 Å². The molecule has 2 aromatic rings. The fourth-order valence-electron chi connectivity index (χ4n) is 3.04. The molecule has 1 aliphatic rings. The molecule has 0 atom stereocenters. The molecule has 142 valence electrons. The van der Waals surface area contributed by atoms with Gasteiger partial charge in [0.15, 0.2) is 0 Å². The lowest BCUT2D eigenvalue weighted by Crippen LogP contribution is -2.38. The van der Waals surface area contributed by atoms with Crippen LogP contribution in [0.1, 0.15) is 11.1 Å². The zero-order valence-electron chi connectivity index (χ0n) is 15.3. The van der Waals surface area contributed by atoms with Crippen LogP contribution in [-0.2, 0) is 23.0 Å². The summed E-state index contributed by atoms with van der Waals surface area (Å²) in [6, 6.07) is 14.1. The lowest BCUT2D eigenvalue weighted by atomic mass is 10.0. The maximum absolute atomic E-state index is 12.5. The monoisotopic (exact) mass is 385 g/mol. The summed E-state index contributed by atoms with van der Waals surface area (Å²) in [5.74, 6) is 0. The Balaban J connectivity index is 1.67. The van der Waals surface area contributed by atoms with Crippen molar-refractivity contribution >= 4 is 21.7 Å². The summed E-state index contributed by atoms with van der Waals surface area (Å²) in [6.07, 6.45) is 2.36. The lowest BCUT2D eigenvalue weighted by molar-refractivity contribution is 0.206. The van der Waals surface area contributed by atoms with Crippen LogP contribution < -0.4 is 5.32 Å². The third-order valence-electron chi connectivity index (χ3n) is 4.62. The van der Waals surface area contributed by atoms with E-state index in [-0.39, 0.29) is 17.5 Å². The van der Waals surface area contributed by atoms with Gasteiger partial charge < -0.3 is 10.2 Å². The van der Waals surface area contributed by atoms with Crippen molar-refractivity contribution in [1.82, 2.24) is 9.21 Å². The Morgan fingerprint density at radius 3 is 2.52 bits per heavy atom. The number of carbonyl (C=O) groups is 1. The van der Waals surface area contributed by atoms with Gasteiger partial charge in [0.1, 0.15) is 0 Å². The summed E-state index contributed by atoms with van der Waals surface area (Å²) in [6.45, 7) is 5.01. The van der Waals surface area contributed by atoms with Gasteiger partial charge in [0.05, 0.1) is 4.90 Å². The maximum Gasteiger partial charge on any atom is 0.322 e. The standard InChI is InChI=1S/C20H23N3O3S/c1-3-13-22(2)27(25,26)19-10-8-18(9-11-19)21-20(24)23-14-12-16-6-4-5-7-17(16)15-23/h3-11H,1,12-15H2,2H3,(H,21,24). The first-order valence-electron chi connectivity index (χ1n) is 8.72. The molecule has 0 unspecified atom stereocenters. The maximum atomic E-state index is 12.5. The van der Waals surface area contributed by atoms with Gasteiger partial charge in [0.25, 0.3) is 0 Å². The Morgan fingerprint density at radius 2 is 1.85 bits per heavy atom. The molecule has 1 heterocycles. The van der Waals surface area contributed by atoms with Crippen LogP contribution in [0, 0.1) is 0 Å². The predicted octanol–water partition coefficient (Wildman–Crippen LogP) is 3.08. The largest absolute Gasteiger partial charge is 0.322 e. The highest BCUT2D eigenvalue weighted by molar-refractivity contribution is 7.89. The molecule has 0 saturated carbocycles. The second kappa shape index (κ2) is 7.94. The first-order chi connectivity index (χ1) is 12.9. The number of carbonyl (C=O) groups excluding carboxylic acids is 1. The highest BCUT2D eigenvalue weighted by atomic mass is 32.2. The minimum absolute atomic E-state index is 0.178. The molecule has 0 fully saturated rings. The van der Waals surface area contributed by atoms with Gasteiger partial charge in [-0.3, -0.25) is 0 Å². The number of rotatable bonds is 5. The van der Waals surface area contributed by atoms with Crippen LogP contribution in [0.4, 0.5) is 10.5 Å². The second-order valence-electron chi connectivity index (χ2n) is 6.47. The van der Waals surface area contributed by atoms with E-state index in [2.05, 4.69) is 18.0 Å². The molecule has 6 nitrogen and oxygen atoms in total. The molecule has 0 aromatic heterocycles. The van der Waals surface area contributed by atoms with E-state index in [1.165, 1.54) is 35.1 Å². The van der Waals surface area contributed by atoms with Gasteiger partial charge in [-0.1, -0.05) is 30.3 Å². The normalized spacial score (nSPS) is 13.9. The predicted molar refractivity (Wildman–Crippen MR) is 106 cm³/mol. The third kappa shape index (κ3) is 4.20. The minimum Gasteiger partial charge on any atom is -0.320 e. The summed E-state index contributed by atoms with van der Waals surface area (Å²) in [5, 5.41) is 2.84. The van der Waals surface area contributed by atoms with Gasteiger partial charge in [-0.25, -0.2) is 13.2 Å². The van der Waals surface area contributed by atoms with Crippen LogP contribution in [0.2, 0.25) is 0 Å². The molecule has 2 amide bonds. The van der Waals surface area contributed by atoms with Crippen molar-refractivity contribution in [1.29, 1.82) is 0 Å². The van der Waals surface area contributed by atoms with E-state index in [0.29, 0.717) is 18.8 Å². The Kier molecular flexibility index (Phi) is 5.62. The van der Waals surface area contributed by atoms with Crippen molar-refractivity contribution in [2.45, 2.75) is 17.9 Å². The molecule has 0 bridgehead atoms. The fraction of sp³-hybridized carbons (Fsp3) is 0.250. The number of amides is 2. The first kappa shape index (κ1) is 19.1. The van der Waals surface area contributed by atoms with Crippen LogP contribution in [-0.4, -0.2) is 43.8 Å². The van der Waals surface area contributed by atoms with Crippen molar-refractivity contribution in [3.8, 4) is 0 Å². The van der Waals surface area contributed by atoms with Crippen LogP contribution in [0.25, 0.3) is 0 Å². The number of hydrogen-bond acceptors (Lipinski definition) is 3. The fourth-order valence-corrected chi connectivity index (χ4v) is 4.18. The number of anilines is 1. The summed E-state index contributed by atoms with van der Waals surface area (Å²) in [4.78, 5) is 14.5. The molecule has 2 aromatic carbocycles. The smallest absolute Gasteiger partial charge is 0.320 e. The lowest BCUT2D eigenvalue weighted by Gasteiger charge is -2.29. The molecule has 27 heavy (non-hydrogen) atoms. The summed E-state index contributed by atoms with van der Waals surface area (Å²) >= 11 is 0. The zero-order valence-corrected chi connectivity index (χ0v) is 16.1. The Morgan fingerprint density at radius 1 is 1.19 bits per heavy atom. The van der Waals surface area contributed by atoms with Gasteiger partial charge in [0, 0.05) is 32.4 Å². The SMILES string of the molecule is C=CCN(C)S(=O)(=O)c1ccc(NC(=O)N2CCc3ccccc3C2)cc1. The van der Waals surface area contributed by atoms with Gasteiger partial charge in [-0.05, 0) is 41.8 Å². The first-order valence-corrected chi connectivity index (χ1v) is 10.2. The van der Waals surface area contributed by atoms with Crippen LogP contribution in [0.5, 0.6) is 0 Å². The van der Waals surface area contributed by atoms with Gasteiger partial charge in [-0.2, -0.15) is 4.31 Å². The van der Waals surface area contributed by atoms with E-state index in [1.807, 2.05) is 18.2 Å². The van der Waals surface area contributed by atoms with Crippen LogP contribution >= 0.6 is 0 Å². The minimum atomic E-state index is -3.56. The number of hydrogen-bond donors (Lipinski definition) is 1. The molecule has 0 radical (unpaired) electrons.